The van der Waals surface area contributed by atoms with Gasteiger partial charge < -0.3 is 5.32 Å². The molecule has 2 nitrogen and oxygen atoms in total. The van der Waals surface area contributed by atoms with Crippen LogP contribution in [-0.2, 0) is 0 Å². The van der Waals surface area contributed by atoms with Gasteiger partial charge in [-0.1, -0.05) is 37.9 Å². The molecule has 1 aliphatic carbocycles. The number of hydrogen-bond donors (Lipinski definition) is 1. The predicted octanol–water partition coefficient (Wildman–Crippen LogP) is 2.90. The summed E-state index contributed by atoms with van der Waals surface area (Å²) in [7, 11) is 0. The lowest BCUT2D eigenvalue weighted by molar-refractivity contribution is 0.269. The predicted molar refractivity (Wildman–Crippen MR) is 68.5 cm³/mol. The van der Waals surface area contributed by atoms with Gasteiger partial charge in [0, 0.05) is 12.3 Å². The van der Waals surface area contributed by atoms with Crippen LogP contribution < -0.4 is 5.32 Å². The first-order valence-electron chi connectivity index (χ1n) is 6.29. The van der Waals surface area contributed by atoms with Gasteiger partial charge in [-0.2, -0.15) is 0 Å². The Hall–Kier alpha value is -0.180. The maximum Gasteiger partial charge on any atom is 0.156 e. The van der Waals surface area contributed by atoms with E-state index in [0.717, 1.165) is 24.9 Å². The van der Waals surface area contributed by atoms with E-state index in [4.69, 9.17) is 0 Å². The Kier molecular flexibility index (Phi) is 4.36. The smallest absolute Gasteiger partial charge is 0.156 e. The fourth-order valence-corrected chi connectivity index (χ4v) is 3.26. The number of hydrogen-bond acceptors (Lipinski definition) is 3. The van der Waals surface area contributed by atoms with E-state index in [1.165, 1.54) is 43.0 Å². The first-order valence-corrected chi connectivity index (χ1v) is 7.28. The van der Waals surface area contributed by atoms with Crippen LogP contribution in [0.2, 0.25) is 0 Å². The fourth-order valence-electron chi connectivity index (χ4n) is 2.52. The second-order valence-electron chi connectivity index (χ2n) is 4.71. The highest BCUT2D eigenvalue weighted by molar-refractivity contribution is 8.14. The molecule has 1 heterocycles. The molecule has 0 unspecified atom stereocenters. The van der Waals surface area contributed by atoms with Gasteiger partial charge in [0.25, 0.3) is 0 Å². The molecular formula is C12H22N2S. The average Bonchev–Trinajstić information content (AvgIpc) is 2.80. The van der Waals surface area contributed by atoms with Gasteiger partial charge in [0.05, 0.1) is 6.54 Å². The molecule has 1 saturated carbocycles. The summed E-state index contributed by atoms with van der Waals surface area (Å²) in [5.74, 6) is 3.08. The number of aliphatic imine (C=N–C) groups is 1. The summed E-state index contributed by atoms with van der Waals surface area (Å²) in [6, 6.07) is 0. The van der Waals surface area contributed by atoms with Crippen LogP contribution >= 0.6 is 11.8 Å². The zero-order valence-electron chi connectivity index (χ0n) is 9.67. The van der Waals surface area contributed by atoms with Crippen LogP contribution in [0, 0.1) is 11.8 Å². The molecule has 1 N–H and O–H groups in total. The Morgan fingerprint density at radius 3 is 2.60 bits per heavy atom. The van der Waals surface area contributed by atoms with Crippen LogP contribution in [0.3, 0.4) is 0 Å². The van der Waals surface area contributed by atoms with Crippen LogP contribution in [0.15, 0.2) is 4.99 Å². The summed E-state index contributed by atoms with van der Waals surface area (Å²) in [5.41, 5.74) is 0. The highest BCUT2D eigenvalue weighted by atomic mass is 32.2. The van der Waals surface area contributed by atoms with Crippen LogP contribution in [-0.4, -0.2) is 24.0 Å². The summed E-state index contributed by atoms with van der Waals surface area (Å²) >= 11 is 1.87. The zero-order valence-corrected chi connectivity index (χ0v) is 10.5. The molecule has 0 amide bonds. The molecule has 3 heteroatoms. The normalized spacial score (nSPS) is 31.4. The molecule has 1 aliphatic heterocycles. The minimum atomic E-state index is 0.900. The monoisotopic (exact) mass is 226 g/mol. The van der Waals surface area contributed by atoms with Gasteiger partial charge >= 0.3 is 0 Å². The number of nitrogens with zero attached hydrogens (tertiary/aromatic N) is 1. The van der Waals surface area contributed by atoms with Gasteiger partial charge in [-0.15, -0.1) is 0 Å². The van der Waals surface area contributed by atoms with Crippen molar-refractivity contribution in [3.63, 3.8) is 0 Å². The molecule has 0 radical (unpaired) electrons. The average molecular weight is 226 g/mol. The lowest BCUT2D eigenvalue weighted by Crippen LogP contribution is -2.29. The van der Waals surface area contributed by atoms with Crippen molar-refractivity contribution in [1.29, 1.82) is 0 Å². The molecule has 0 bridgehead atoms. The van der Waals surface area contributed by atoms with Crippen molar-refractivity contribution in [3.8, 4) is 0 Å². The minimum Gasteiger partial charge on any atom is -0.365 e. The highest BCUT2D eigenvalue weighted by Gasteiger charge is 2.20. The third-order valence-corrected chi connectivity index (χ3v) is 4.60. The van der Waals surface area contributed by atoms with Crippen molar-refractivity contribution in [2.45, 2.75) is 39.0 Å². The van der Waals surface area contributed by atoms with E-state index in [9.17, 15) is 0 Å². The van der Waals surface area contributed by atoms with Gasteiger partial charge in [0.2, 0.25) is 0 Å². The topological polar surface area (TPSA) is 24.4 Å². The molecule has 15 heavy (non-hydrogen) atoms. The number of nitrogens with one attached hydrogen (secondary N) is 1. The number of thioether (sulfide) groups is 1. The number of amidine groups is 1. The van der Waals surface area contributed by atoms with Gasteiger partial charge in [-0.3, -0.25) is 4.99 Å². The Bertz CT molecular complexity index is 220. The maximum atomic E-state index is 4.42. The molecule has 0 aromatic rings. The van der Waals surface area contributed by atoms with E-state index in [-0.39, 0.29) is 0 Å². The highest BCUT2D eigenvalue weighted by Crippen LogP contribution is 2.30. The third kappa shape index (κ3) is 3.40. The van der Waals surface area contributed by atoms with Gasteiger partial charge in [0.15, 0.2) is 5.17 Å². The van der Waals surface area contributed by atoms with Gasteiger partial charge in [0.1, 0.15) is 0 Å². The summed E-state index contributed by atoms with van der Waals surface area (Å²) in [4.78, 5) is 4.42. The largest absolute Gasteiger partial charge is 0.365 e. The first-order chi connectivity index (χ1) is 7.38. The van der Waals surface area contributed by atoms with Crippen molar-refractivity contribution < 1.29 is 0 Å². The van der Waals surface area contributed by atoms with Crippen LogP contribution in [0.25, 0.3) is 0 Å². The SMILES string of the molecule is CCC1CCC(CNC2=NCCS2)CC1. The molecule has 0 aromatic carbocycles. The number of rotatable bonds is 3. The minimum absolute atomic E-state index is 0.900. The van der Waals surface area contributed by atoms with E-state index in [2.05, 4.69) is 17.2 Å². The van der Waals surface area contributed by atoms with Crippen LogP contribution in [0.5, 0.6) is 0 Å². The van der Waals surface area contributed by atoms with E-state index < -0.39 is 0 Å². The van der Waals surface area contributed by atoms with Crippen molar-refractivity contribution in [2.24, 2.45) is 16.8 Å². The second kappa shape index (κ2) is 5.78. The van der Waals surface area contributed by atoms with E-state index in [1.807, 2.05) is 11.8 Å². The molecule has 2 aliphatic rings. The maximum absolute atomic E-state index is 4.42. The molecule has 86 valence electrons. The molecular weight excluding hydrogens is 204 g/mol. The molecule has 0 spiro atoms. The van der Waals surface area contributed by atoms with Crippen molar-refractivity contribution in [1.82, 2.24) is 5.32 Å². The zero-order chi connectivity index (χ0) is 10.5. The summed E-state index contributed by atoms with van der Waals surface area (Å²) in [6.45, 7) is 4.49. The van der Waals surface area contributed by atoms with Crippen molar-refractivity contribution >= 4 is 16.9 Å². The van der Waals surface area contributed by atoms with Gasteiger partial charge in [-0.05, 0) is 24.7 Å². The molecule has 1 fully saturated rings. The molecule has 0 aromatic heterocycles. The van der Waals surface area contributed by atoms with Crippen LogP contribution in [0.4, 0.5) is 0 Å². The lowest BCUT2D eigenvalue weighted by atomic mass is 9.81. The first kappa shape index (κ1) is 11.3. The Balaban J connectivity index is 1.64. The summed E-state index contributed by atoms with van der Waals surface area (Å²) in [5, 5.41) is 4.68. The molecule has 0 atom stereocenters. The molecule has 2 rings (SSSR count). The van der Waals surface area contributed by atoms with Gasteiger partial charge in [-0.25, -0.2) is 0 Å². The quantitative estimate of drug-likeness (QED) is 0.800. The Morgan fingerprint density at radius 1 is 1.27 bits per heavy atom. The summed E-state index contributed by atoms with van der Waals surface area (Å²) in [6.07, 6.45) is 7.11. The van der Waals surface area contributed by atoms with Crippen molar-refractivity contribution in [2.75, 3.05) is 18.8 Å². The van der Waals surface area contributed by atoms with Crippen molar-refractivity contribution in [3.05, 3.63) is 0 Å². The van der Waals surface area contributed by atoms with E-state index >= 15 is 0 Å². The van der Waals surface area contributed by atoms with E-state index in [1.54, 1.807) is 0 Å². The fraction of sp³-hybridized carbons (Fsp3) is 0.917. The Morgan fingerprint density at radius 2 is 2.00 bits per heavy atom. The Labute approximate surface area is 97.3 Å². The lowest BCUT2D eigenvalue weighted by Gasteiger charge is -2.27. The van der Waals surface area contributed by atoms with Crippen LogP contribution in [0.1, 0.15) is 39.0 Å². The standard InChI is InChI=1S/C12H22N2S/c1-2-10-3-5-11(6-4-10)9-14-12-13-7-8-15-12/h10-11H,2-9H2,1H3,(H,13,14). The second-order valence-corrected chi connectivity index (χ2v) is 5.79. The third-order valence-electron chi connectivity index (χ3n) is 3.67. The molecule has 0 saturated heterocycles. The van der Waals surface area contributed by atoms with E-state index in [0.29, 0.717) is 0 Å². The summed E-state index contributed by atoms with van der Waals surface area (Å²) < 4.78 is 0.